The van der Waals surface area contributed by atoms with Crippen LogP contribution >= 0.6 is 0 Å². The molecule has 100 valence electrons. The topological polar surface area (TPSA) is 9.23 Å². The van der Waals surface area contributed by atoms with Crippen LogP contribution in [0.25, 0.3) is 0 Å². The molecule has 4 saturated carbocycles. The van der Waals surface area contributed by atoms with Crippen molar-refractivity contribution in [3.05, 3.63) is 0 Å². The van der Waals surface area contributed by atoms with E-state index in [1.54, 1.807) is 12.8 Å². The summed E-state index contributed by atoms with van der Waals surface area (Å²) in [4.78, 5) is 0. The predicted molar refractivity (Wildman–Crippen MR) is 71.0 cm³/mol. The molecular formula is C17H26O. The molecule has 1 nitrogen and oxygen atoms in total. The Morgan fingerprint density at radius 3 is 2.50 bits per heavy atom. The predicted octanol–water partition coefficient (Wildman–Crippen LogP) is 3.59. The number of hydrogen-bond acceptors (Lipinski definition) is 1. The lowest BCUT2D eigenvalue weighted by Gasteiger charge is -2.47. The zero-order valence-corrected chi connectivity index (χ0v) is 11.8. The largest absolute Gasteiger partial charge is 0.381 e. The third-order valence-electron chi connectivity index (χ3n) is 8.31. The number of hydrogen-bond donors (Lipinski definition) is 0. The maximum Gasteiger partial charge on any atom is 0.0526 e. The minimum absolute atomic E-state index is 0.652. The molecule has 18 heavy (non-hydrogen) atoms. The van der Waals surface area contributed by atoms with Crippen molar-refractivity contribution < 1.29 is 4.74 Å². The van der Waals surface area contributed by atoms with Gasteiger partial charge in [-0.3, -0.25) is 0 Å². The summed E-state index contributed by atoms with van der Waals surface area (Å²) in [5.41, 5.74) is 0.652. The average molecular weight is 246 g/mol. The highest BCUT2D eigenvalue weighted by Gasteiger charge is 2.69. The SMILES string of the molecule is CC1C(C)C2CC1C1C3CC(C21)C1(CCOC1)C3. The molecule has 1 spiro atoms. The molecule has 1 heterocycles. The van der Waals surface area contributed by atoms with Gasteiger partial charge in [-0.1, -0.05) is 13.8 Å². The normalized spacial score (nSPS) is 68.3. The van der Waals surface area contributed by atoms with E-state index in [0.29, 0.717) is 5.41 Å². The maximum absolute atomic E-state index is 5.81. The fraction of sp³-hybridized carbons (Fsp3) is 1.00. The molecule has 1 aliphatic heterocycles. The van der Waals surface area contributed by atoms with Crippen LogP contribution in [0.5, 0.6) is 0 Å². The van der Waals surface area contributed by atoms with Crippen molar-refractivity contribution in [1.29, 1.82) is 0 Å². The second-order valence-corrected chi connectivity index (χ2v) is 8.41. The molecule has 0 aromatic heterocycles. The van der Waals surface area contributed by atoms with Crippen LogP contribution in [0.4, 0.5) is 0 Å². The van der Waals surface area contributed by atoms with Gasteiger partial charge < -0.3 is 4.74 Å². The van der Waals surface area contributed by atoms with Crippen LogP contribution in [0, 0.1) is 52.8 Å². The van der Waals surface area contributed by atoms with E-state index in [4.69, 9.17) is 4.74 Å². The fourth-order valence-electron chi connectivity index (χ4n) is 7.61. The van der Waals surface area contributed by atoms with Gasteiger partial charge in [-0.05, 0) is 78.4 Å². The molecule has 9 unspecified atom stereocenters. The molecule has 0 radical (unpaired) electrons. The minimum Gasteiger partial charge on any atom is -0.381 e. The third-order valence-corrected chi connectivity index (χ3v) is 8.31. The lowest BCUT2D eigenvalue weighted by Crippen LogP contribution is -2.43. The summed E-state index contributed by atoms with van der Waals surface area (Å²) in [6.07, 6.45) is 6.08. The van der Waals surface area contributed by atoms with Crippen LogP contribution in [0.15, 0.2) is 0 Å². The van der Waals surface area contributed by atoms with Crippen LogP contribution in [-0.2, 0) is 4.74 Å². The second kappa shape index (κ2) is 3.16. The van der Waals surface area contributed by atoms with Gasteiger partial charge in [0.05, 0.1) is 6.61 Å². The third kappa shape index (κ3) is 0.994. The molecule has 9 atom stereocenters. The zero-order chi connectivity index (χ0) is 12.1. The first kappa shape index (κ1) is 10.7. The molecule has 5 rings (SSSR count). The van der Waals surface area contributed by atoms with Crippen molar-refractivity contribution in [2.75, 3.05) is 13.2 Å². The van der Waals surface area contributed by atoms with Crippen molar-refractivity contribution in [1.82, 2.24) is 0 Å². The maximum atomic E-state index is 5.81. The molecule has 0 aromatic carbocycles. The van der Waals surface area contributed by atoms with Crippen LogP contribution in [0.1, 0.15) is 39.5 Å². The van der Waals surface area contributed by atoms with Crippen LogP contribution in [-0.4, -0.2) is 13.2 Å². The average Bonchev–Trinajstić information content (AvgIpc) is 3.09. The Morgan fingerprint density at radius 1 is 1.00 bits per heavy atom. The van der Waals surface area contributed by atoms with Gasteiger partial charge in [-0.25, -0.2) is 0 Å². The highest BCUT2D eigenvalue weighted by Crippen LogP contribution is 2.74. The number of rotatable bonds is 0. The van der Waals surface area contributed by atoms with Gasteiger partial charge in [0.1, 0.15) is 0 Å². The van der Waals surface area contributed by atoms with Gasteiger partial charge in [0.15, 0.2) is 0 Å². The summed E-state index contributed by atoms with van der Waals surface area (Å²) in [6.45, 7) is 7.26. The van der Waals surface area contributed by atoms with Crippen LogP contribution in [0.3, 0.4) is 0 Å². The fourth-order valence-corrected chi connectivity index (χ4v) is 7.61. The first-order valence-corrected chi connectivity index (χ1v) is 8.29. The summed E-state index contributed by atoms with van der Waals surface area (Å²) < 4.78 is 5.81. The van der Waals surface area contributed by atoms with Gasteiger partial charge in [-0.2, -0.15) is 0 Å². The van der Waals surface area contributed by atoms with E-state index in [1.807, 2.05) is 0 Å². The molecule has 4 bridgehead atoms. The van der Waals surface area contributed by atoms with Crippen molar-refractivity contribution in [2.24, 2.45) is 52.8 Å². The van der Waals surface area contributed by atoms with E-state index in [1.165, 1.54) is 12.8 Å². The molecule has 1 saturated heterocycles. The van der Waals surface area contributed by atoms with E-state index in [2.05, 4.69) is 13.8 Å². The first-order chi connectivity index (χ1) is 8.71. The summed E-state index contributed by atoms with van der Waals surface area (Å²) in [5.74, 6) is 8.61. The van der Waals surface area contributed by atoms with Crippen LogP contribution in [0.2, 0.25) is 0 Å². The van der Waals surface area contributed by atoms with Gasteiger partial charge >= 0.3 is 0 Å². The van der Waals surface area contributed by atoms with E-state index in [-0.39, 0.29) is 0 Å². The minimum atomic E-state index is 0.652. The molecule has 0 aromatic rings. The summed E-state index contributed by atoms with van der Waals surface area (Å²) in [7, 11) is 0. The Bertz CT molecular complexity index is 383. The molecule has 1 heteroatoms. The zero-order valence-electron chi connectivity index (χ0n) is 11.8. The van der Waals surface area contributed by atoms with Crippen molar-refractivity contribution >= 4 is 0 Å². The standard InChI is InChI=1S/C17H26O/c1-9-10(2)13-6-12(9)15-11-5-14(16(13)15)17(7-11)3-4-18-8-17/h9-16H,3-8H2,1-2H3. The highest BCUT2D eigenvalue weighted by molar-refractivity contribution is 5.17. The first-order valence-electron chi connectivity index (χ1n) is 8.29. The number of fused-ring (bicyclic) bond motifs is 10. The quantitative estimate of drug-likeness (QED) is 0.594. The van der Waals surface area contributed by atoms with Crippen molar-refractivity contribution in [3.8, 4) is 0 Å². The summed E-state index contributed by atoms with van der Waals surface area (Å²) >= 11 is 0. The Morgan fingerprint density at radius 2 is 1.78 bits per heavy atom. The molecule has 5 fully saturated rings. The molecule has 4 aliphatic carbocycles. The van der Waals surface area contributed by atoms with Gasteiger partial charge in [0, 0.05) is 6.61 Å². The molecular weight excluding hydrogens is 220 g/mol. The van der Waals surface area contributed by atoms with Crippen molar-refractivity contribution in [3.63, 3.8) is 0 Å². The van der Waals surface area contributed by atoms with Gasteiger partial charge in [0.2, 0.25) is 0 Å². The monoisotopic (exact) mass is 246 g/mol. The molecule has 0 N–H and O–H groups in total. The Balaban J connectivity index is 1.53. The van der Waals surface area contributed by atoms with E-state index in [9.17, 15) is 0 Å². The molecule has 0 amide bonds. The highest BCUT2D eigenvalue weighted by atomic mass is 16.5. The lowest BCUT2D eigenvalue weighted by molar-refractivity contribution is -0.00591. The smallest absolute Gasteiger partial charge is 0.0526 e. The summed E-state index contributed by atoms with van der Waals surface area (Å²) in [5, 5.41) is 0. The second-order valence-electron chi connectivity index (χ2n) is 8.41. The Hall–Kier alpha value is -0.0400. The van der Waals surface area contributed by atoms with Crippen molar-refractivity contribution in [2.45, 2.75) is 39.5 Å². The van der Waals surface area contributed by atoms with E-state index < -0.39 is 0 Å². The van der Waals surface area contributed by atoms with E-state index in [0.717, 1.165) is 60.6 Å². The number of ether oxygens (including phenoxy) is 1. The van der Waals surface area contributed by atoms with Crippen LogP contribution < -0.4 is 0 Å². The summed E-state index contributed by atoms with van der Waals surface area (Å²) in [6, 6.07) is 0. The van der Waals surface area contributed by atoms with Gasteiger partial charge in [0.25, 0.3) is 0 Å². The Kier molecular flexibility index (Phi) is 1.88. The Labute approximate surface area is 111 Å². The lowest BCUT2D eigenvalue weighted by atomic mass is 9.57. The molecule has 5 aliphatic rings. The van der Waals surface area contributed by atoms with Gasteiger partial charge in [-0.15, -0.1) is 0 Å². The van der Waals surface area contributed by atoms with E-state index >= 15 is 0 Å².